The largest absolute Gasteiger partial charge is 0.329 e. The van der Waals surface area contributed by atoms with E-state index in [1.54, 1.807) is 0 Å². The Morgan fingerprint density at radius 3 is 2.45 bits per heavy atom. The molecule has 2 heteroatoms. The summed E-state index contributed by atoms with van der Waals surface area (Å²) in [6.07, 6.45) is 4.41. The van der Waals surface area contributed by atoms with E-state index in [-0.39, 0.29) is 0 Å². The van der Waals surface area contributed by atoms with Gasteiger partial charge >= 0.3 is 0 Å². The first-order valence-corrected chi connectivity index (χ1v) is 4.70. The molecule has 1 spiro atoms. The molecule has 0 aromatic rings. The summed E-state index contributed by atoms with van der Waals surface area (Å²) in [5.74, 6) is 0. The van der Waals surface area contributed by atoms with E-state index in [1.165, 1.54) is 32.4 Å². The summed E-state index contributed by atoms with van der Waals surface area (Å²) in [7, 11) is 0. The monoisotopic (exact) mass is 154 g/mol. The molecule has 1 saturated carbocycles. The Bertz CT molecular complexity index is 144. The second kappa shape index (κ2) is 2.46. The summed E-state index contributed by atoms with van der Waals surface area (Å²) in [5, 5.41) is 0. The minimum Gasteiger partial charge on any atom is -0.329 e. The van der Waals surface area contributed by atoms with Crippen LogP contribution in [0.25, 0.3) is 0 Å². The molecular weight excluding hydrogens is 136 g/mol. The van der Waals surface area contributed by atoms with Crippen molar-refractivity contribution in [3.8, 4) is 0 Å². The van der Waals surface area contributed by atoms with Crippen LogP contribution in [0.1, 0.15) is 26.2 Å². The Morgan fingerprint density at radius 1 is 1.45 bits per heavy atom. The van der Waals surface area contributed by atoms with Crippen LogP contribution in [-0.4, -0.2) is 30.6 Å². The van der Waals surface area contributed by atoms with E-state index in [1.807, 2.05) is 0 Å². The number of hydrogen-bond acceptors (Lipinski definition) is 2. The molecule has 2 rings (SSSR count). The summed E-state index contributed by atoms with van der Waals surface area (Å²) in [4.78, 5) is 2.51. The quantitative estimate of drug-likeness (QED) is 0.638. The molecule has 1 saturated heterocycles. The van der Waals surface area contributed by atoms with Crippen molar-refractivity contribution in [1.82, 2.24) is 4.90 Å². The highest BCUT2D eigenvalue weighted by molar-refractivity contribution is 5.01. The first-order valence-electron chi connectivity index (χ1n) is 4.70. The Balaban J connectivity index is 1.78. The number of likely N-dealkylation sites (tertiary alicyclic amines) is 1. The molecule has 1 unspecified atom stereocenters. The number of nitrogens with two attached hydrogens (primary N) is 1. The topological polar surface area (TPSA) is 29.3 Å². The Kier molecular flexibility index (Phi) is 1.69. The van der Waals surface area contributed by atoms with Crippen molar-refractivity contribution in [2.45, 2.75) is 32.2 Å². The van der Waals surface area contributed by atoms with Crippen molar-refractivity contribution < 1.29 is 0 Å². The third-order valence-corrected chi connectivity index (χ3v) is 3.46. The molecule has 1 aliphatic heterocycles. The maximum absolute atomic E-state index is 5.59. The van der Waals surface area contributed by atoms with Gasteiger partial charge in [0.25, 0.3) is 0 Å². The van der Waals surface area contributed by atoms with Crippen molar-refractivity contribution in [3.63, 3.8) is 0 Å². The third kappa shape index (κ3) is 1.09. The lowest BCUT2D eigenvalue weighted by Gasteiger charge is -2.57. The molecule has 2 fully saturated rings. The summed E-state index contributed by atoms with van der Waals surface area (Å²) >= 11 is 0. The van der Waals surface area contributed by atoms with Crippen molar-refractivity contribution >= 4 is 0 Å². The molecule has 64 valence electrons. The first kappa shape index (κ1) is 7.56. The van der Waals surface area contributed by atoms with E-state index in [9.17, 15) is 0 Å². The molecule has 2 nitrogen and oxygen atoms in total. The van der Waals surface area contributed by atoms with Crippen LogP contribution < -0.4 is 5.73 Å². The van der Waals surface area contributed by atoms with E-state index >= 15 is 0 Å². The average molecular weight is 154 g/mol. The van der Waals surface area contributed by atoms with Crippen LogP contribution in [0.3, 0.4) is 0 Å². The zero-order valence-electron chi connectivity index (χ0n) is 7.34. The molecule has 2 N–H and O–H groups in total. The SMILES string of the molecule is CC(CN)N1CC2(CCC2)C1. The molecule has 1 atom stereocenters. The van der Waals surface area contributed by atoms with Gasteiger partial charge < -0.3 is 5.73 Å². The highest BCUT2D eigenvalue weighted by Crippen LogP contribution is 2.48. The van der Waals surface area contributed by atoms with E-state index < -0.39 is 0 Å². The highest BCUT2D eigenvalue weighted by atomic mass is 15.2. The fraction of sp³-hybridized carbons (Fsp3) is 1.00. The van der Waals surface area contributed by atoms with Gasteiger partial charge in [0.15, 0.2) is 0 Å². The van der Waals surface area contributed by atoms with Gasteiger partial charge in [0.05, 0.1) is 0 Å². The maximum Gasteiger partial charge on any atom is 0.0190 e. The Hall–Kier alpha value is -0.0800. The van der Waals surface area contributed by atoms with Gasteiger partial charge in [-0.25, -0.2) is 0 Å². The van der Waals surface area contributed by atoms with Crippen LogP contribution in [0.4, 0.5) is 0 Å². The van der Waals surface area contributed by atoms with Gasteiger partial charge in [-0.05, 0) is 25.2 Å². The van der Waals surface area contributed by atoms with Crippen molar-refractivity contribution in [3.05, 3.63) is 0 Å². The van der Waals surface area contributed by atoms with E-state index in [0.717, 1.165) is 12.0 Å². The molecule has 0 radical (unpaired) electrons. The lowest BCUT2D eigenvalue weighted by atomic mass is 9.63. The van der Waals surface area contributed by atoms with Crippen LogP contribution in [0.5, 0.6) is 0 Å². The molecule has 2 aliphatic rings. The molecular formula is C9H18N2. The normalized spacial score (nSPS) is 31.1. The summed E-state index contributed by atoms with van der Waals surface area (Å²) in [6.45, 7) is 5.69. The summed E-state index contributed by atoms with van der Waals surface area (Å²) in [5.41, 5.74) is 6.36. The minimum absolute atomic E-state index is 0.612. The molecule has 0 aromatic heterocycles. The molecule has 0 aromatic carbocycles. The number of hydrogen-bond donors (Lipinski definition) is 1. The van der Waals surface area contributed by atoms with Gasteiger partial charge in [0.1, 0.15) is 0 Å². The van der Waals surface area contributed by atoms with Gasteiger partial charge in [-0.2, -0.15) is 0 Å². The lowest BCUT2D eigenvalue weighted by molar-refractivity contribution is -0.0774. The zero-order valence-corrected chi connectivity index (χ0v) is 7.34. The predicted molar refractivity (Wildman–Crippen MR) is 46.4 cm³/mol. The Morgan fingerprint density at radius 2 is 2.09 bits per heavy atom. The average Bonchev–Trinajstić information content (AvgIpc) is 1.81. The van der Waals surface area contributed by atoms with Gasteiger partial charge in [-0.1, -0.05) is 6.42 Å². The molecule has 0 bridgehead atoms. The predicted octanol–water partition coefficient (Wildman–Crippen LogP) is 0.819. The van der Waals surface area contributed by atoms with E-state index in [2.05, 4.69) is 11.8 Å². The van der Waals surface area contributed by atoms with E-state index in [0.29, 0.717) is 6.04 Å². The molecule has 11 heavy (non-hydrogen) atoms. The highest BCUT2D eigenvalue weighted by Gasteiger charge is 2.47. The zero-order chi connectivity index (χ0) is 7.90. The molecule has 0 amide bonds. The van der Waals surface area contributed by atoms with Gasteiger partial charge in [-0.3, -0.25) is 4.90 Å². The van der Waals surface area contributed by atoms with Crippen molar-refractivity contribution in [2.24, 2.45) is 11.1 Å². The standard InChI is InChI=1S/C9H18N2/c1-8(5-10)11-6-9(7-11)3-2-4-9/h8H,2-7,10H2,1H3. The van der Waals surface area contributed by atoms with Gasteiger partial charge in [0, 0.05) is 25.7 Å². The van der Waals surface area contributed by atoms with Gasteiger partial charge in [0.2, 0.25) is 0 Å². The fourth-order valence-corrected chi connectivity index (χ4v) is 2.27. The number of nitrogens with zero attached hydrogens (tertiary/aromatic N) is 1. The van der Waals surface area contributed by atoms with Crippen LogP contribution in [0.15, 0.2) is 0 Å². The van der Waals surface area contributed by atoms with E-state index in [4.69, 9.17) is 5.73 Å². The lowest BCUT2D eigenvalue weighted by Crippen LogP contribution is -2.63. The minimum atomic E-state index is 0.612. The van der Waals surface area contributed by atoms with Crippen LogP contribution in [0.2, 0.25) is 0 Å². The third-order valence-electron chi connectivity index (χ3n) is 3.46. The van der Waals surface area contributed by atoms with Crippen molar-refractivity contribution in [1.29, 1.82) is 0 Å². The van der Waals surface area contributed by atoms with Crippen LogP contribution in [0, 0.1) is 5.41 Å². The van der Waals surface area contributed by atoms with Crippen LogP contribution >= 0.6 is 0 Å². The first-order chi connectivity index (χ1) is 5.26. The van der Waals surface area contributed by atoms with Crippen LogP contribution in [-0.2, 0) is 0 Å². The smallest absolute Gasteiger partial charge is 0.0190 e. The summed E-state index contributed by atoms with van der Waals surface area (Å²) in [6, 6.07) is 0.612. The second-order valence-electron chi connectivity index (χ2n) is 4.34. The second-order valence-corrected chi connectivity index (χ2v) is 4.34. The van der Waals surface area contributed by atoms with Gasteiger partial charge in [-0.15, -0.1) is 0 Å². The molecule has 1 aliphatic carbocycles. The Labute approximate surface area is 68.7 Å². The fourth-order valence-electron chi connectivity index (χ4n) is 2.27. The summed E-state index contributed by atoms with van der Waals surface area (Å²) < 4.78 is 0. The molecule has 1 heterocycles. The maximum atomic E-state index is 5.59. The number of rotatable bonds is 2. The van der Waals surface area contributed by atoms with Crippen molar-refractivity contribution in [2.75, 3.05) is 19.6 Å².